The van der Waals surface area contributed by atoms with Crippen LogP contribution in [0.2, 0.25) is 6.04 Å². The first kappa shape index (κ1) is 18.5. The van der Waals surface area contributed by atoms with Crippen LogP contribution in [0.5, 0.6) is 0 Å². The first-order valence-corrected chi connectivity index (χ1v) is 6.42. The maximum absolute atomic E-state index is 11.9. The van der Waals surface area contributed by atoms with Crippen LogP contribution in [0.25, 0.3) is 0 Å². The van der Waals surface area contributed by atoms with E-state index in [1.165, 1.54) is 0 Å². The Balaban J connectivity index is 5.34. The van der Waals surface area contributed by atoms with Crippen LogP contribution in [0.1, 0.15) is 13.3 Å². The standard InChI is InChI=1S/C6H7F9O3Si/c1-2-3-19(16-4(7,8)9,17-5(10,11)12)18-6(13,14)15/h2-3H2,1H3. The Hall–Kier alpha value is -0.533. The van der Waals surface area contributed by atoms with Crippen LogP contribution < -0.4 is 0 Å². The van der Waals surface area contributed by atoms with Gasteiger partial charge in [-0.2, -0.15) is 0 Å². The van der Waals surface area contributed by atoms with Crippen molar-refractivity contribution in [2.24, 2.45) is 0 Å². The van der Waals surface area contributed by atoms with Crippen LogP contribution >= 0.6 is 0 Å². The summed E-state index contributed by atoms with van der Waals surface area (Å²) in [5, 5.41) is 0. The zero-order chi connectivity index (χ0) is 15.5. The van der Waals surface area contributed by atoms with Crippen LogP contribution in [0.15, 0.2) is 0 Å². The molecule has 3 nitrogen and oxygen atoms in total. The molecule has 0 spiro atoms. The van der Waals surface area contributed by atoms with Crippen molar-refractivity contribution in [3.63, 3.8) is 0 Å². The predicted molar refractivity (Wildman–Crippen MR) is 42.3 cm³/mol. The SMILES string of the molecule is CCC[Si](OC(F)(F)F)(OC(F)(F)F)OC(F)(F)F. The van der Waals surface area contributed by atoms with E-state index in [1.807, 2.05) is 0 Å². The van der Waals surface area contributed by atoms with Gasteiger partial charge in [0.25, 0.3) is 0 Å². The Morgan fingerprint density at radius 3 is 1.11 bits per heavy atom. The molecule has 0 N–H and O–H groups in total. The van der Waals surface area contributed by atoms with Crippen molar-refractivity contribution < 1.29 is 52.8 Å². The van der Waals surface area contributed by atoms with Crippen LogP contribution in [0.4, 0.5) is 39.5 Å². The molecule has 0 bridgehead atoms. The molecule has 0 saturated carbocycles. The van der Waals surface area contributed by atoms with Crippen molar-refractivity contribution in [1.29, 1.82) is 0 Å². The monoisotopic (exact) mass is 326 g/mol. The molecular weight excluding hydrogens is 319 g/mol. The lowest BCUT2D eigenvalue weighted by Crippen LogP contribution is -2.55. The highest BCUT2D eigenvalue weighted by Crippen LogP contribution is 2.37. The van der Waals surface area contributed by atoms with Crippen LogP contribution in [-0.2, 0) is 13.3 Å². The molecule has 19 heavy (non-hydrogen) atoms. The molecule has 0 rings (SSSR count). The molecule has 0 aliphatic heterocycles. The van der Waals surface area contributed by atoms with E-state index in [0.717, 1.165) is 6.92 Å². The summed E-state index contributed by atoms with van der Waals surface area (Å²) in [6, 6.07) is -1.31. The highest BCUT2D eigenvalue weighted by atomic mass is 28.4. The Kier molecular flexibility index (Phi) is 5.68. The minimum absolute atomic E-state index is 0.505. The largest absolute Gasteiger partial charge is 0.520 e. The third kappa shape index (κ3) is 9.07. The van der Waals surface area contributed by atoms with Gasteiger partial charge in [0.15, 0.2) is 0 Å². The molecule has 13 heteroatoms. The fourth-order valence-corrected chi connectivity index (χ4v) is 3.15. The molecule has 0 saturated heterocycles. The second-order valence-corrected chi connectivity index (χ2v) is 5.55. The quantitative estimate of drug-likeness (QED) is 0.566. The van der Waals surface area contributed by atoms with Gasteiger partial charge in [0, 0.05) is 6.04 Å². The lowest BCUT2D eigenvalue weighted by molar-refractivity contribution is -0.366. The Morgan fingerprint density at radius 2 is 0.947 bits per heavy atom. The van der Waals surface area contributed by atoms with Gasteiger partial charge in [0.1, 0.15) is 0 Å². The summed E-state index contributed by atoms with van der Waals surface area (Å²) in [7, 11) is -6.08. The van der Waals surface area contributed by atoms with Gasteiger partial charge in [0.05, 0.1) is 0 Å². The smallest absolute Gasteiger partial charge is 0.284 e. The summed E-state index contributed by atoms with van der Waals surface area (Å²) in [6.45, 7) is 1.04. The Bertz CT molecular complexity index is 242. The highest BCUT2D eigenvalue weighted by Gasteiger charge is 2.61. The average Bonchev–Trinajstić information content (AvgIpc) is 1.90. The van der Waals surface area contributed by atoms with E-state index in [2.05, 4.69) is 13.3 Å². The molecule has 0 fully saturated rings. The summed E-state index contributed by atoms with van der Waals surface area (Å²) >= 11 is 0. The summed E-state index contributed by atoms with van der Waals surface area (Å²) in [5.74, 6) is 0. The maximum Gasteiger partial charge on any atom is 0.520 e. The number of alkyl halides is 9. The topological polar surface area (TPSA) is 27.7 Å². The highest BCUT2D eigenvalue weighted by molar-refractivity contribution is 6.60. The number of halogens is 9. The van der Waals surface area contributed by atoms with Gasteiger partial charge < -0.3 is 0 Å². The third-order valence-electron chi connectivity index (χ3n) is 1.37. The van der Waals surface area contributed by atoms with E-state index in [0.29, 0.717) is 0 Å². The van der Waals surface area contributed by atoms with Gasteiger partial charge in [-0.05, 0) is 0 Å². The van der Waals surface area contributed by atoms with Crippen molar-refractivity contribution in [2.75, 3.05) is 0 Å². The molecule has 0 aromatic carbocycles. The number of hydrogen-bond acceptors (Lipinski definition) is 3. The fraction of sp³-hybridized carbons (Fsp3) is 1.00. The lowest BCUT2D eigenvalue weighted by atomic mass is 10.6. The molecule has 0 amide bonds. The summed E-state index contributed by atoms with van der Waals surface area (Å²) < 4.78 is 116. The van der Waals surface area contributed by atoms with Crippen molar-refractivity contribution in [2.45, 2.75) is 38.5 Å². The van der Waals surface area contributed by atoms with E-state index in [9.17, 15) is 39.5 Å². The number of rotatable bonds is 5. The minimum atomic E-state index is -6.08. The van der Waals surface area contributed by atoms with Crippen LogP contribution in [0, 0.1) is 0 Å². The maximum atomic E-state index is 11.9. The van der Waals surface area contributed by atoms with E-state index in [1.54, 1.807) is 0 Å². The molecule has 0 atom stereocenters. The normalized spacial score (nSPS) is 14.8. The fourth-order valence-electron chi connectivity index (χ4n) is 1.05. The lowest BCUT2D eigenvalue weighted by Gasteiger charge is -2.30. The zero-order valence-electron chi connectivity index (χ0n) is 9.04. The second-order valence-electron chi connectivity index (χ2n) is 3.08. The molecule has 116 valence electrons. The van der Waals surface area contributed by atoms with Gasteiger partial charge >= 0.3 is 27.9 Å². The molecule has 0 aromatic heterocycles. The van der Waals surface area contributed by atoms with E-state index < -0.39 is 40.4 Å². The van der Waals surface area contributed by atoms with Gasteiger partial charge in [-0.3, -0.25) is 13.3 Å². The van der Waals surface area contributed by atoms with Crippen molar-refractivity contribution in [3.05, 3.63) is 0 Å². The summed E-state index contributed by atoms with van der Waals surface area (Å²) in [6.07, 6.45) is -17.8. The van der Waals surface area contributed by atoms with Crippen LogP contribution in [0.3, 0.4) is 0 Å². The van der Waals surface area contributed by atoms with Gasteiger partial charge in [-0.1, -0.05) is 13.3 Å². The van der Waals surface area contributed by atoms with E-state index in [4.69, 9.17) is 0 Å². The van der Waals surface area contributed by atoms with Crippen molar-refractivity contribution >= 4 is 8.80 Å². The number of hydrogen-bond donors (Lipinski definition) is 0. The van der Waals surface area contributed by atoms with E-state index >= 15 is 0 Å². The van der Waals surface area contributed by atoms with Crippen molar-refractivity contribution in [3.8, 4) is 0 Å². The molecule has 0 aromatic rings. The first-order chi connectivity index (χ1) is 8.18. The average molecular weight is 326 g/mol. The molecule has 0 unspecified atom stereocenters. The molecule has 0 heterocycles. The minimum Gasteiger partial charge on any atom is -0.284 e. The summed E-state index contributed by atoms with van der Waals surface area (Å²) in [4.78, 5) is 0. The van der Waals surface area contributed by atoms with E-state index in [-0.39, 0.29) is 0 Å². The molecule has 0 aliphatic carbocycles. The molecular formula is C6H7F9O3Si. The Morgan fingerprint density at radius 1 is 0.684 bits per heavy atom. The van der Waals surface area contributed by atoms with Crippen molar-refractivity contribution in [1.82, 2.24) is 0 Å². The van der Waals surface area contributed by atoms with Gasteiger partial charge in [0.2, 0.25) is 0 Å². The van der Waals surface area contributed by atoms with Gasteiger partial charge in [-0.15, -0.1) is 39.5 Å². The van der Waals surface area contributed by atoms with Crippen LogP contribution in [-0.4, -0.2) is 27.9 Å². The Labute approximate surface area is 101 Å². The zero-order valence-corrected chi connectivity index (χ0v) is 10.0. The van der Waals surface area contributed by atoms with Gasteiger partial charge in [-0.25, -0.2) is 0 Å². The molecule has 0 radical (unpaired) electrons. The molecule has 0 aliphatic rings. The second kappa shape index (κ2) is 5.84. The summed E-state index contributed by atoms with van der Waals surface area (Å²) in [5.41, 5.74) is 0. The predicted octanol–water partition coefficient (Wildman–Crippen LogP) is 3.94. The first-order valence-electron chi connectivity index (χ1n) is 4.49. The third-order valence-corrected chi connectivity index (χ3v) is 4.11.